The average molecular weight is 266 g/mol. The van der Waals surface area contributed by atoms with E-state index >= 15 is 0 Å². The number of carbonyl (C=O) groups excluding carboxylic acids is 1. The van der Waals surface area contributed by atoms with Crippen LogP contribution in [0.5, 0.6) is 5.88 Å². The number of rotatable bonds is 4. The van der Waals surface area contributed by atoms with Crippen molar-refractivity contribution in [2.24, 2.45) is 0 Å². The van der Waals surface area contributed by atoms with E-state index in [1.807, 2.05) is 20.8 Å². The van der Waals surface area contributed by atoms with Gasteiger partial charge in [-0.3, -0.25) is 4.79 Å². The van der Waals surface area contributed by atoms with E-state index in [9.17, 15) is 4.79 Å². The molecule has 19 heavy (non-hydrogen) atoms. The zero-order valence-corrected chi connectivity index (χ0v) is 12.1. The number of aromatic nitrogens is 1. The SMILES string of the molecule is COc1ccc(N)c(NC(C)C(=O)NC(C)(C)C)n1. The van der Waals surface area contributed by atoms with Gasteiger partial charge in [0.1, 0.15) is 6.04 Å². The summed E-state index contributed by atoms with van der Waals surface area (Å²) in [6.45, 7) is 7.53. The number of ether oxygens (including phenoxy) is 1. The highest BCUT2D eigenvalue weighted by atomic mass is 16.5. The number of anilines is 2. The molecule has 1 heterocycles. The van der Waals surface area contributed by atoms with Crippen LogP contribution >= 0.6 is 0 Å². The molecule has 1 unspecified atom stereocenters. The number of hydrogen-bond acceptors (Lipinski definition) is 5. The molecule has 1 amide bonds. The van der Waals surface area contributed by atoms with Gasteiger partial charge in [-0.1, -0.05) is 0 Å². The number of pyridine rings is 1. The van der Waals surface area contributed by atoms with E-state index in [2.05, 4.69) is 15.6 Å². The van der Waals surface area contributed by atoms with Crippen LogP contribution in [-0.2, 0) is 4.79 Å². The zero-order valence-electron chi connectivity index (χ0n) is 12.1. The van der Waals surface area contributed by atoms with Gasteiger partial charge in [0.25, 0.3) is 0 Å². The lowest BCUT2D eigenvalue weighted by Gasteiger charge is -2.24. The minimum absolute atomic E-state index is 0.114. The van der Waals surface area contributed by atoms with E-state index in [0.29, 0.717) is 17.4 Å². The Balaban J connectivity index is 2.76. The second kappa shape index (κ2) is 5.77. The largest absolute Gasteiger partial charge is 0.481 e. The number of nitrogens with zero attached hydrogens (tertiary/aromatic N) is 1. The van der Waals surface area contributed by atoms with Crippen LogP contribution in [0.15, 0.2) is 12.1 Å². The number of hydrogen-bond donors (Lipinski definition) is 3. The van der Waals surface area contributed by atoms with Crippen molar-refractivity contribution in [3.63, 3.8) is 0 Å². The van der Waals surface area contributed by atoms with Gasteiger partial charge in [0, 0.05) is 11.6 Å². The monoisotopic (exact) mass is 266 g/mol. The summed E-state index contributed by atoms with van der Waals surface area (Å²) >= 11 is 0. The van der Waals surface area contributed by atoms with Crippen molar-refractivity contribution in [3.05, 3.63) is 12.1 Å². The maximum absolute atomic E-state index is 12.0. The summed E-state index contributed by atoms with van der Waals surface area (Å²) in [5.74, 6) is 0.771. The Morgan fingerprint density at radius 2 is 2.05 bits per heavy atom. The molecular weight excluding hydrogens is 244 g/mol. The van der Waals surface area contributed by atoms with Crippen LogP contribution in [-0.4, -0.2) is 29.6 Å². The lowest BCUT2D eigenvalue weighted by Crippen LogP contribution is -2.47. The number of nitrogens with one attached hydrogen (secondary N) is 2. The minimum Gasteiger partial charge on any atom is -0.481 e. The maximum Gasteiger partial charge on any atom is 0.242 e. The Morgan fingerprint density at radius 3 is 2.58 bits per heavy atom. The van der Waals surface area contributed by atoms with Gasteiger partial charge in [0.2, 0.25) is 11.8 Å². The van der Waals surface area contributed by atoms with Crippen molar-refractivity contribution in [1.29, 1.82) is 0 Å². The fraction of sp³-hybridized carbons (Fsp3) is 0.538. The Hall–Kier alpha value is -1.98. The predicted octanol–water partition coefficient (Wildman–Crippen LogP) is 1.39. The highest BCUT2D eigenvalue weighted by Crippen LogP contribution is 2.20. The van der Waals surface area contributed by atoms with Crippen molar-refractivity contribution in [1.82, 2.24) is 10.3 Å². The maximum atomic E-state index is 12.0. The second-order valence-electron chi connectivity index (χ2n) is 5.40. The molecule has 0 aliphatic carbocycles. The Morgan fingerprint density at radius 1 is 1.42 bits per heavy atom. The fourth-order valence-corrected chi connectivity index (χ4v) is 1.43. The number of nitrogen functional groups attached to an aromatic ring is 1. The molecule has 0 aliphatic rings. The van der Waals surface area contributed by atoms with Crippen LogP contribution in [0.25, 0.3) is 0 Å². The summed E-state index contributed by atoms with van der Waals surface area (Å²) < 4.78 is 5.03. The smallest absolute Gasteiger partial charge is 0.242 e. The topological polar surface area (TPSA) is 89.3 Å². The molecular formula is C13H22N4O2. The van der Waals surface area contributed by atoms with E-state index in [1.165, 1.54) is 7.11 Å². The zero-order chi connectivity index (χ0) is 14.6. The molecule has 4 N–H and O–H groups in total. The Labute approximate surface area is 113 Å². The lowest BCUT2D eigenvalue weighted by atomic mass is 10.1. The van der Waals surface area contributed by atoms with E-state index < -0.39 is 6.04 Å². The Bertz CT molecular complexity index is 454. The standard InChI is InChI=1S/C13H22N4O2/c1-8(12(18)17-13(2,3)4)15-11-9(14)6-7-10(16-11)19-5/h6-8H,14H2,1-5H3,(H,15,16)(H,17,18). The van der Waals surface area contributed by atoms with E-state index in [4.69, 9.17) is 10.5 Å². The van der Waals surface area contributed by atoms with Gasteiger partial charge in [-0.15, -0.1) is 0 Å². The number of nitrogens with two attached hydrogens (primary N) is 1. The summed E-state index contributed by atoms with van der Waals surface area (Å²) in [5, 5.41) is 5.87. The summed E-state index contributed by atoms with van der Waals surface area (Å²) in [5.41, 5.74) is 6.00. The van der Waals surface area contributed by atoms with Crippen molar-refractivity contribution >= 4 is 17.4 Å². The lowest BCUT2D eigenvalue weighted by molar-refractivity contribution is -0.122. The molecule has 1 rings (SSSR count). The molecule has 106 valence electrons. The van der Waals surface area contributed by atoms with E-state index in [1.54, 1.807) is 19.1 Å². The van der Waals surface area contributed by atoms with Crippen LogP contribution < -0.4 is 21.1 Å². The molecule has 1 atom stereocenters. The third-order valence-corrected chi connectivity index (χ3v) is 2.35. The molecule has 1 aromatic heterocycles. The summed E-state index contributed by atoms with van der Waals surface area (Å²) in [4.78, 5) is 16.1. The molecule has 0 aliphatic heterocycles. The van der Waals surface area contributed by atoms with Crippen LogP contribution in [0, 0.1) is 0 Å². The first-order valence-corrected chi connectivity index (χ1v) is 6.12. The highest BCUT2D eigenvalue weighted by Gasteiger charge is 2.20. The molecule has 0 bridgehead atoms. The van der Waals surface area contributed by atoms with Gasteiger partial charge in [0.05, 0.1) is 12.8 Å². The van der Waals surface area contributed by atoms with Gasteiger partial charge in [0.15, 0.2) is 5.82 Å². The van der Waals surface area contributed by atoms with Gasteiger partial charge in [-0.05, 0) is 33.8 Å². The normalized spacial score (nSPS) is 12.7. The first-order chi connectivity index (χ1) is 8.73. The van der Waals surface area contributed by atoms with Gasteiger partial charge in [-0.2, -0.15) is 4.98 Å². The van der Waals surface area contributed by atoms with Crippen LogP contribution in [0.2, 0.25) is 0 Å². The quantitative estimate of drug-likeness (QED) is 0.766. The predicted molar refractivity (Wildman–Crippen MR) is 76.2 cm³/mol. The molecule has 6 nitrogen and oxygen atoms in total. The third-order valence-electron chi connectivity index (χ3n) is 2.35. The van der Waals surface area contributed by atoms with Gasteiger partial charge >= 0.3 is 0 Å². The second-order valence-corrected chi connectivity index (χ2v) is 5.40. The van der Waals surface area contributed by atoms with Gasteiger partial charge in [-0.25, -0.2) is 0 Å². The van der Waals surface area contributed by atoms with Crippen LogP contribution in [0.1, 0.15) is 27.7 Å². The molecule has 1 aromatic rings. The van der Waals surface area contributed by atoms with Crippen LogP contribution in [0.3, 0.4) is 0 Å². The summed E-state index contributed by atoms with van der Waals surface area (Å²) in [7, 11) is 1.53. The van der Waals surface area contributed by atoms with Gasteiger partial charge < -0.3 is 21.1 Å². The summed E-state index contributed by atoms with van der Waals surface area (Å²) in [6, 6.07) is 2.91. The first-order valence-electron chi connectivity index (χ1n) is 6.12. The molecule has 6 heteroatoms. The highest BCUT2D eigenvalue weighted by molar-refractivity contribution is 5.85. The number of methoxy groups -OCH3 is 1. The molecule has 0 radical (unpaired) electrons. The molecule has 0 fully saturated rings. The van der Waals surface area contributed by atoms with Crippen molar-refractivity contribution in [2.75, 3.05) is 18.2 Å². The first kappa shape index (κ1) is 15.1. The van der Waals surface area contributed by atoms with E-state index in [-0.39, 0.29) is 11.4 Å². The van der Waals surface area contributed by atoms with Crippen molar-refractivity contribution in [3.8, 4) is 5.88 Å². The summed E-state index contributed by atoms with van der Waals surface area (Å²) in [6.07, 6.45) is 0. The number of carbonyl (C=O) groups is 1. The average Bonchev–Trinajstić information content (AvgIpc) is 2.29. The van der Waals surface area contributed by atoms with E-state index in [0.717, 1.165) is 0 Å². The molecule has 0 saturated heterocycles. The molecule has 0 saturated carbocycles. The number of amides is 1. The Kier molecular flexibility index (Phi) is 4.58. The van der Waals surface area contributed by atoms with Crippen LogP contribution in [0.4, 0.5) is 11.5 Å². The molecule has 0 spiro atoms. The fourth-order valence-electron chi connectivity index (χ4n) is 1.43. The van der Waals surface area contributed by atoms with Crippen molar-refractivity contribution in [2.45, 2.75) is 39.3 Å². The molecule has 0 aromatic carbocycles. The minimum atomic E-state index is -0.443. The van der Waals surface area contributed by atoms with Crippen molar-refractivity contribution < 1.29 is 9.53 Å². The third kappa shape index (κ3) is 4.65.